The second-order valence-corrected chi connectivity index (χ2v) is 12.2. The summed E-state index contributed by atoms with van der Waals surface area (Å²) >= 11 is 0. The molecule has 212 valence electrons. The zero-order valence-corrected chi connectivity index (χ0v) is 24.6. The molecule has 0 aliphatic carbocycles. The van der Waals surface area contributed by atoms with Crippen molar-refractivity contribution in [2.24, 2.45) is 0 Å². The van der Waals surface area contributed by atoms with Gasteiger partial charge in [-0.25, -0.2) is 9.97 Å². The van der Waals surface area contributed by atoms with Gasteiger partial charge in [0.15, 0.2) is 5.65 Å². The van der Waals surface area contributed by atoms with Crippen molar-refractivity contribution in [1.82, 2.24) is 18.9 Å². The number of aromatic nitrogens is 4. The first-order valence-corrected chi connectivity index (χ1v) is 15.7. The van der Waals surface area contributed by atoms with Gasteiger partial charge in [0.05, 0.1) is 33.1 Å². The average molecular weight is 585 g/mol. The molecule has 11 aromatic rings. The fraction of sp³-hybridized carbons (Fsp3) is 0. The predicted molar refractivity (Wildman–Crippen MR) is 191 cm³/mol. The van der Waals surface area contributed by atoms with E-state index in [-0.39, 0.29) is 0 Å². The van der Waals surface area contributed by atoms with E-state index in [2.05, 4.69) is 136 Å². The number of hydrogen-bond acceptors (Lipinski definition) is 2. The molecule has 46 heavy (non-hydrogen) atoms. The first-order chi connectivity index (χ1) is 22.8. The molecule has 0 N–H and O–H groups in total. The summed E-state index contributed by atoms with van der Waals surface area (Å²) < 4.78 is 4.76. The lowest BCUT2D eigenvalue weighted by molar-refractivity contribution is 1.18. The molecule has 0 amide bonds. The van der Waals surface area contributed by atoms with Crippen LogP contribution in [0.3, 0.4) is 0 Å². The van der Waals surface area contributed by atoms with Crippen LogP contribution in [0.25, 0.3) is 98.8 Å². The summed E-state index contributed by atoms with van der Waals surface area (Å²) in [4.78, 5) is 10.3. The fourth-order valence-corrected chi connectivity index (χ4v) is 7.89. The van der Waals surface area contributed by atoms with E-state index in [9.17, 15) is 0 Å². The van der Waals surface area contributed by atoms with Crippen molar-refractivity contribution in [3.05, 3.63) is 146 Å². The Hall–Kier alpha value is -6.26. The molecule has 0 aliphatic rings. The molecule has 0 saturated heterocycles. The number of benzene rings is 7. The normalized spacial score (nSPS) is 12.3. The van der Waals surface area contributed by atoms with Crippen LogP contribution in [0.2, 0.25) is 0 Å². The van der Waals surface area contributed by atoms with Crippen molar-refractivity contribution in [3.63, 3.8) is 0 Å². The molecule has 0 aliphatic heterocycles. The van der Waals surface area contributed by atoms with Gasteiger partial charge in [-0.2, -0.15) is 0 Å². The van der Waals surface area contributed by atoms with E-state index in [1.54, 1.807) is 0 Å². The molecule has 0 saturated carbocycles. The number of fused-ring (bicyclic) bond motifs is 12. The van der Waals surface area contributed by atoms with Crippen molar-refractivity contribution in [1.29, 1.82) is 0 Å². The second-order valence-electron chi connectivity index (χ2n) is 12.2. The molecular weight excluding hydrogens is 560 g/mol. The highest BCUT2D eigenvalue weighted by atomic mass is 15.0. The van der Waals surface area contributed by atoms with Crippen LogP contribution in [0.1, 0.15) is 0 Å². The van der Waals surface area contributed by atoms with Crippen LogP contribution < -0.4 is 0 Å². The molecule has 0 bridgehead atoms. The summed E-state index contributed by atoms with van der Waals surface area (Å²) in [6, 6.07) is 52.3. The number of para-hydroxylation sites is 5. The Kier molecular flexibility index (Phi) is 4.55. The number of nitrogens with zero attached hydrogens (tertiary/aromatic N) is 4. The van der Waals surface area contributed by atoms with E-state index < -0.39 is 0 Å². The summed E-state index contributed by atoms with van der Waals surface area (Å²) in [5, 5.41) is 8.63. The highest BCUT2D eigenvalue weighted by molar-refractivity contribution is 6.25. The highest BCUT2D eigenvalue weighted by Crippen LogP contribution is 2.44. The Bertz CT molecular complexity index is 3020. The predicted octanol–water partition coefficient (Wildman–Crippen LogP) is 10.7. The fourth-order valence-electron chi connectivity index (χ4n) is 7.89. The lowest BCUT2D eigenvalue weighted by Crippen LogP contribution is -1.93. The third-order valence-corrected chi connectivity index (χ3v) is 9.81. The maximum atomic E-state index is 5.21. The highest BCUT2D eigenvalue weighted by Gasteiger charge is 2.22. The van der Waals surface area contributed by atoms with Crippen molar-refractivity contribution in [2.45, 2.75) is 0 Å². The minimum Gasteiger partial charge on any atom is -0.309 e. The molecule has 4 aromatic heterocycles. The Morgan fingerprint density at radius 3 is 2.04 bits per heavy atom. The summed E-state index contributed by atoms with van der Waals surface area (Å²) in [5.41, 5.74) is 12.0. The van der Waals surface area contributed by atoms with Crippen molar-refractivity contribution < 1.29 is 0 Å². The first kappa shape index (κ1) is 24.1. The van der Waals surface area contributed by atoms with Crippen molar-refractivity contribution in [2.75, 3.05) is 0 Å². The van der Waals surface area contributed by atoms with Crippen LogP contribution >= 0.6 is 0 Å². The van der Waals surface area contributed by atoms with E-state index in [0.717, 1.165) is 33.3 Å². The Labute approximate surface area is 262 Å². The zero-order chi connectivity index (χ0) is 29.9. The van der Waals surface area contributed by atoms with Gasteiger partial charge in [0.25, 0.3) is 0 Å². The van der Waals surface area contributed by atoms with Gasteiger partial charge in [-0.05, 0) is 58.8 Å². The molecule has 0 fully saturated rings. The molecular formula is C42H24N4. The lowest BCUT2D eigenvalue weighted by atomic mass is 9.98. The molecule has 4 heterocycles. The van der Waals surface area contributed by atoms with Gasteiger partial charge in [-0.3, -0.25) is 4.40 Å². The Morgan fingerprint density at radius 2 is 1.15 bits per heavy atom. The molecule has 0 spiro atoms. The van der Waals surface area contributed by atoms with Crippen LogP contribution in [0.15, 0.2) is 146 Å². The first-order valence-electron chi connectivity index (χ1n) is 15.7. The maximum absolute atomic E-state index is 5.21. The Morgan fingerprint density at radius 1 is 0.457 bits per heavy atom. The van der Waals surface area contributed by atoms with Crippen LogP contribution in [0, 0.1) is 0 Å². The van der Waals surface area contributed by atoms with E-state index in [4.69, 9.17) is 9.97 Å². The smallest absolute Gasteiger partial charge is 0.165 e. The summed E-state index contributed by atoms with van der Waals surface area (Å²) in [6.07, 6.45) is 0. The third-order valence-electron chi connectivity index (χ3n) is 9.81. The van der Waals surface area contributed by atoms with Gasteiger partial charge in [0, 0.05) is 38.2 Å². The summed E-state index contributed by atoms with van der Waals surface area (Å²) in [6.45, 7) is 0. The van der Waals surface area contributed by atoms with Crippen LogP contribution in [0.4, 0.5) is 0 Å². The molecule has 4 heteroatoms. The molecule has 0 radical (unpaired) electrons. The minimum absolute atomic E-state index is 0.903. The van der Waals surface area contributed by atoms with Crippen molar-refractivity contribution >= 4 is 82.0 Å². The number of rotatable bonds is 2. The van der Waals surface area contributed by atoms with E-state index in [0.29, 0.717) is 0 Å². The van der Waals surface area contributed by atoms with Gasteiger partial charge < -0.3 is 4.57 Å². The summed E-state index contributed by atoms with van der Waals surface area (Å²) in [7, 11) is 0. The van der Waals surface area contributed by atoms with Crippen LogP contribution in [0.5, 0.6) is 0 Å². The standard InChI is InChI=1S/C42H24N4/c1-2-11-27(12-3-1)45-36-22-21-26(24-33(36)38-28-13-5-4-10-25(28)20-23-37(38)45)29-14-8-15-30-31-16-9-17-32-39-42(46(40(29)30)41(31)32)44-35-19-7-6-18-34(35)43-39/h1-24H. The maximum Gasteiger partial charge on any atom is 0.165 e. The topological polar surface area (TPSA) is 35.1 Å². The van der Waals surface area contributed by atoms with Gasteiger partial charge in [-0.15, -0.1) is 0 Å². The van der Waals surface area contributed by atoms with E-state index in [1.165, 1.54) is 65.5 Å². The Balaban J connectivity index is 1.29. The van der Waals surface area contributed by atoms with E-state index in [1.807, 2.05) is 18.2 Å². The zero-order valence-electron chi connectivity index (χ0n) is 24.6. The monoisotopic (exact) mass is 584 g/mol. The lowest BCUT2D eigenvalue weighted by Gasteiger charge is -2.09. The van der Waals surface area contributed by atoms with E-state index >= 15 is 0 Å². The molecule has 11 rings (SSSR count). The molecule has 0 unspecified atom stereocenters. The van der Waals surface area contributed by atoms with Gasteiger partial charge in [0.2, 0.25) is 0 Å². The number of hydrogen-bond donors (Lipinski definition) is 0. The molecule has 0 atom stereocenters. The largest absolute Gasteiger partial charge is 0.309 e. The minimum atomic E-state index is 0.903. The van der Waals surface area contributed by atoms with Gasteiger partial charge >= 0.3 is 0 Å². The van der Waals surface area contributed by atoms with Gasteiger partial charge in [0.1, 0.15) is 5.52 Å². The average Bonchev–Trinajstić information content (AvgIpc) is 3.75. The van der Waals surface area contributed by atoms with Crippen LogP contribution in [-0.4, -0.2) is 18.9 Å². The third kappa shape index (κ3) is 3.03. The molecule has 7 aromatic carbocycles. The molecule has 4 nitrogen and oxygen atoms in total. The SMILES string of the molecule is c1ccc(-n2c3ccc(-c4cccc5c6cccc7c8nc9ccccc9nc8n(c45)c67)cc3c3c4ccccc4ccc32)cc1. The quantitative estimate of drug-likeness (QED) is 0.203. The summed E-state index contributed by atoms with van der Waals surface area (Å²) in [5.74, 6) is 0. The second kappa shape index (κ2) is 8.68. The van der Waals surface area contributed by atoms with Crippen LogP contribution in [-0.2, 0) is 0 Å². The van der Waals surface area contributed by atoms with Gasteiger partial charge in [-0.1, -0.05) is 103 Å². The van der Waals surface area contributed by atoms with Crippen molar-refractivity contribution in [3.8, 4) is 16.8 Å².